The molecule has 2 aliphatic rings. The number of rotatable bonds is 0. The van der Waals surface area contributed by atoms with E-state index in [2.05, 4.69) is 12.2 Å². The Hall–Kier alpha value is -0.340. The zero-order valence-corrected chi connectivity index (χ0v) is 8.15. The smallest absolute Gasteiger partial charge is 0.0272 e. The predicted octanol–water partition coefficient (Wildman–Crippen LogP) is 2.44. The molecule has 74 valence electrons. The Labute approximate surface area is 80.2 Å². The number of nitrogens with zero attached hydrogens (tertiary/aromatic N) is 1. The van der Waals surface area contributed by atoms with E-state index in [1.807, 2.05) is 0 Å². The highest BCUT2D eigenvalue weighted by molar-refractivity contribution is 4.89. The number of hydrogen-bond acceptors (Lipinski definition) is 2. The van der Waals surface area contributed by atoms with E-state index in [-0.39, 0.29) is 0 Å². The molecular weight excluding hydrogens is 162 g/mol. The standard InChI is InChI=1S/C11H19NO/c13-12-7-3-1-2-4-10-5-6-11(8-10)9-12/h1-2,10-11,13H,3-9H2/b2-1-/t10-,11+/m0/s1. The fourth-order valence-corrected chi connectivity index (χ4v) is 2.58. The monoisotopic (exact) mass is 181 g/mol. The van der Waals surface area contributed by atoms with Crippen LogP contribution in [0.15, 0.2) is 12.2 Å². The minimum Gasteiger partial charge on any atom is -0.314 e. The first-order valence-electron chi connectivity index (χ1n) is 5.43. The summed E-state index contributed by atoms with van der Waals surface area (Å²) in [5, 5.41) is 11.1. The van der Waals surface area contributed by atoms with Crippen LogP contribution < -0.4 is 0 Å². The molecule has 1 saturated carbocycles. The fourth-order valence-electron chi connectivity index (χ4n) is 2.58. The zero-order valence-electron chi connectivity index (χ0n) is 8.15. The van der Waals surface area contributed by atoms with Gasteiger partial charge in [0.1, 0.15) is 0 Å². The largest absolute Gasteiger partial charge is 0.314 e. The highest BCUT2D eigenvalue weighted by Crippen LogP contribution is 2.34. The number of fused-ring (bicyclic) bond motifs is 2. The molecule has 2 atom stereocenters. The molecule has 0 aromatic rings. The number of hydrogen-bond donors (Lipinski definition) is 1. The van der Waals surface area contributed by atoms with Gasteiger partial charge < -0.3 is 5.21 Å². The molecule has 1 heterocycles. The Morgan fingerprint density at radius 1 is 1.15 bits per heavy atom. The van der Waals surface area contributed by atoms with Crippen LogP contribution in [0.25, 0.3) is 0 Å². The third kappa shape index (κ3) is 2.55. The Kier molecular flexibility index (Phi) is 3.01. The van der Waals surface area contributed by atoms with Crippen molar-refractivity contribution in [2.45, 2.75) is 32.1 Å². The summed E-state index contributed by atoms with van der Waals surface area (Å²) >= 11 is 0. The lowest BCUT2D eigenvalue weighted by Crippen LogP contribution is -2.26. The maximum Gasteiger partial charge on any atom is 0.0272 e. The predicted molar refractivity (Wildman–Crippen MR) is 52.6 cm³/mol. The van der Waals surface area contributed by atoms with E-state index in [9.17, 15) is 5.21 Å². The van der Waals surface area contributed by atoms with Gasteiger partial charge in [0.2, 0.25) is 0 Å². The lowest BCUT2D eigenvalue weighted by atomic mass is 10.0. The average molecular weight is 181 g/mol. The summed E-state index contributed by atoms with van der Waals surface area (Å²) in [5.74, 6) is 1.65. The van der Waals surface area contributed by atoms with Crippen molar-refractivity contribution < 1.29 is 5.21 Å². The molecule has 0 aromatic heterocycles. The average Bonchev–Trinajstić information content (AvgIpc) is 2.51. The molecule has 2 nitrogen and oxygen atoms in total. The van der Waals surface area contributed by atoms with Gasteiger partial charge in [-0.05, 0) is 43.9 Å². The molecule has 0 spiro atoms. The van der Waals surface area contributed by atoms with Crippen molar-refractivity contribution in [2.24, 2.45) is 11.8 Å². The summed E-state index contributed by atoms with van der Waals surface area (Å²) in [7, 11) is 0. The van der Waals surface area contributed by atoms with Crippen molar-refractivity contribution in [3.8, 4) is 0 Å². The van der Waals surface area contributed by atoms with Crippen molar-refractivity contribution in [2.75, 3.05) is 13.1 Å². The maximum atomic E-state index is 9.55. The molecule has 1 N–H and O–H groups in total. The molecule has 2 heteroatoms. The highest BCUT2D eigenvalue weighted by Gasteiger charge is 2.25. The van der Waals surface area contributed by atoms with E-state index < -0.39 is 0 Å². The van der Waals surface area contributed by atoms with E-state index in [4.69, 9.17) is 0 Å². The van der Waals surface area contributed by atoms with Crippen molar-refractivity contribution in [1.82, 2.24) is 5.06 Å². The van der Waals surface area contributed by atoms with Gasteiger partial charge in [-0.15, -0.1) is 0 Å². The van der Waals surface area contributed by atoms with Gasteiger partial charge in [0, 0.05) is 13.1 Å². The maximum absolute atomic E-state index is 9.55. The molecule has 1 aliphatic heterocycles. The van der Waals surface area contributed by atoms with Gasteiger partial charge in [0.05, 0.1) is 0 Å². The first-order chi connectivity index (χ1) is 6.34. The molecule has 0 amide bonds. The van der Waals surface area contributed by atoms with Gasteiger partial charge >= 0.3 is 0 Å². The molecule has 0 unspecified atom stereocenters. The molecule has 1 fully saturated rings. The summed E-state index contributed by atoms with van der Waals surface area (Å²) in [6, 6.07) is 0. The molecule has 0 saturated heterocycles. The molecule has 2 rings (SSSR count). The van der Waals surface area contributed by atoms with Gasteiger partial charge in [-0.2, -0.15) is 5.06 Å². The Morgan fingerprint density at radius 3 is 2.92 bits per heavy atom. The first-order valence-corrected chi connectivity index (χ1v) is 5.43. The Balaban J connectivity index is 1.96. The van der Waals surface area contributed by atoms with Gasteiger partial charge in [-0.25, -0.2) is 0 Å². The molecule has 0 aromatic carbocycles. The fraction of sp³-hybridized carbons (Fsp3) is 0.818. The van der Waals surface area contributed by atoms with Crippen LogP contribution in [0.1, 0.15) is 32.1 Å². The lowest BCUT2D eigenvalue weighted by molar-refractivity contribution is -0.0996. The number of hydroxylamine groups is 2. The van der Waals surface area contributed by atoms with Gasteiger partial charge in [-0.1, -0.05) is 12.2 Å². The normalized spacial score (nSPS) is 38.8. The van der Waals surface area contributed by atoms with E-state index in [1.165, 1.54) is 30.7 Å². The summed E-state index contributed by atoms with van der Waals surface area (Å²) in [5.41, 5.74) is 0. The minimum absolute atomic E-state index is 0.751. The lowest BCUT2D eigenvalue weighted by Gasteiger charge is -2.19. The molecule has 1 aliphatic carbocycles. The summed E-state index contributed by atoms with van der Waals surface area (Å²) in [6.45, 7) is 1.70. The van der Waals surface area contributed by atoms with Crippen molar-refractivity contribution in [3.63, 3.8) is 0 Å². The van der Waals surface area contributed by atoms with Crippen molar-refractivity contribution in [3.05, 3.63) is 12.2 Å². The van der Waals surface area contributed by atoms with Gasteiger partial charge in [0.25, 0.3) is 0 Å². The molecular formula is C11H19NO. The minimum atomic E-state index is 0.751. The third-order valence-electron chi connectivity index (χ3n) is 3.31. The van der Waals surface area contributed by atoms with E-state index in [1.54, 1.807) is 0 Å². The van der Waals surface area contributed by atoms with Crippen LogP contribution in [0.5, 0.6) is 0 Å². The van der Waals surface area contributed by atoms with Crippen molar-refractivity contribution in [1.29, 1.82) is 0 Å². The summed E-state index contributed by atoms with van der Waals surface area (Å²) in [4.78, 5) is 0. The first kappa shape index (κ1) is 9.22. The van der Waals surface area contributed by atoms with Crippen LogP contribution in [0.2, 0.25) is 0 Å². The molecule has 2 bridgehead atoms. The van der Waals surface area contributed by atoms with E-state index in [0.717, 1.165) is 31.3 Å². The third-order valence-corrected chi connectivity index (χ3v) is 3.31. The summed E-state index contributed by atoms with van der Waals surface area (Å²) < 4.78 is 0. The number of allylic oxidation sites excluding steroid dienone is 1. The van der Waals surface area contributed by atoms with Crippen LogP contribution >= 0.6 is 0 Å². The van der Waals surface area contributed by atoms with E-state index >= 15 is 0 Å². The van der Waals surface area contributed by atoms with Crippen LogP contribution in [-0.4, -0.2) is 23.4 Å². The quantitative estimate of drug-likeness (QED) is 0.580. The summed E-state index contributed by atoms with van der Waals surface area (Å²) in [6.07, 6.45) is 10.8. The second kappa shape index (κ2) is 4.25. The van der Waals surface area contributed by atoms with E-state index in [0.29, 0.717) is 0 Å². The van der Waals surface area contributed by atoms with Gasteiger partial charge in [0.15, 0.2) is 0 Å². The van der Waals surface area contributed by atoms with Gasteiger partial charge in [-0.3, -0.25) is 0 Å². The topological polar surface area (TPSA) is 23.5 Å². The zero-order chi connectivity index (χ0) is 9.10. The SMILES string of the molecule is ON1CC/C=C\C[C@H]2CC[C@H](C2)C1. The van der Waals surface area contributed by atoms with Crippen LogP contribution in [0.4, 0.5) is 0 Å². The van der Waals surface area contributed by atoms with Crippen LogP contribution in [0.3, 0.4) is 0 Å². The second-order valence-corrected chi connectivity index (χ2v) is 4.45. The van der Waals surface area contributed by atoms with Crippen LogP contribution in [0, 0.1) is 11.8 Å². The molecule has 0 radical (unpaired) electrons. The van der Waals surface area contributed by atoms with Crippen molar-refractivity contribution >= 4 is 0 Å². The Morgan fingerprint density at radius 2 is 2.00 bits per heavy atom. The molecule has 13 heavy (non-hydrogen) atoms. The Bertz CT molecular complexity index is 191. The second-order valence-electron chi connectivity index (χ2n) is 4.45. The van der Waals surface area contributed by atoms with Crippen LogP contribution in [-0.2, 0) is 0 Å². The highest BCUT2D eigenvalue weighted by atomic mass is 16.5.